The lowest BCUT2D eigenvalue weighted by Crippen LogP contribution is -2.44. The van der Waals surface area contributed by atoms with Crippen LogP contribution in [0.5, 0.6) is 0 Å². The lowest BCUT2D eigenvalue weighted by Gasteiger charge is -2.32. The molecule has 10 atom stereocenters. The monoisotopic (exact) mass is 622 g/mol. The van der Waals surface area contributed by atoms with Crippen LogP contribution >= 0.6 is 0 Å². The van der Waals surface area contributed by atoms with Gasteiger partial charge in [-0.15, -0.1) is 0 Å². The molecule has 0 aromatic heterocycles. The highest BCUT2D eigenvalue weighted by molar-refractivity contribution is 5.70. The Morgan fingerprint density at radius 2 is 2.00 bits per heavy atom. The van der Waals surface area contributed by atoms with E-state index in [1.807, 2.05) is 58.8 Å². The molecule has 44 heavy (non-hydrogen) atoms. The number of hydrogen-bond donors (Lipinski definition) is 4. The van der Waals surface area contributed by atoms with Crippen molar-refractivity contribution in [3.05, 3.63) is 36.0 Å². The SMILES string of the molecule is CCC(O)C(C)C1OC1CC(C)/C=C/C=C(\C)C1OC(=O)CC(O)CCC(C)(O)C(OC(=O)NCCCN(C)C)/C=C/C1C. The Labute approximate surface area is 264 Å². The third-order valence-corrected chi connectivity index (χ3v) is 8.63. The van der Waals surface area contributed by atoms with Crippen molar-refractivity contribution in [1.29, 1.82) is 0 Å². The van der Waals surface area contributed by atoms with Gasteiger partial charge in [-0.25, -0.2) is 4.79 Å². The van der Waals surface area contributed by atoms with Gasteiger partial charge in [0.1, 0.15) is 11.7 Å². The summed E-state index contributed by atoms with van der Waals surface area (Å²) in [6.07, 6.45) is 8.45. The lowest BCUT2D eigenvalue weighted by atomic mass is 9.88. The van der Waals surface area contributed by atoms with E-state index in [-0.39, 0.29) is 55.3 Å². The molecule has 0 saturated carbocycles. The van der Waals surface area contributed by atoms with Gasteiger partial charge in [0.15, 0.2) is 6.10 Å². The number of epoxide rings is 1. The molecule has 1 saturated heterocycles. The molecule has 1 fully saturated rings. The van der Waals surface area contributed by atoms with Gasteiger partial charge in [0.25, 0.3) is 0 Å². The van der Waals surface area contributed by atoms with Crippen LogP contribution in [0.1, 0.15) is 80.1 Å². The summed E-state index contributed by atoms with van der Waals surface area (Å²) >= 11 is 0. The molecule has 1 amide bonds. The van der Waals surface area contributed by atoms with Gasteiger partial charge in [-0.05, 0) is 84.2 Å². The zero-order valence-electron chi connectivity index (χ0n) is 28.1. The van der Waals surface area contributed by atoms with Gasteiger partial charge in [0, 0.05) is 18.4 Å². The quantitative estimate of drug-likeness (QED) is 0.0784. The molecule has 252 valence electrons. The maximum Gasteiger partial charge on any atom is 0.407 e. The Hall–Kier alpha value is -2.24. The molecule has 0 aliphatic carbocycles. The summed E-state index contributed by atoms with van der Waals surface area (Å²) < 4.78 is 17.3. The Morgan fingerprint density at radius 3 is 2.66 bits per heavy atom. The van der Waals surface area contributed by atoms with Crippen molar-refractivity contribution in [1.82, 2.24) is 10.2 Å². The molecule has 2 aliphatic rings. The lowest BCUT2D eigenvalue weighted by molar-refractivity contribution is -0.151. The fourth-order valence-corrected chi connectivity index (χ4v) is 5.53. The van der Waals surface area contributed by atoms with E-state index in [2.05, 4.69) is 18.3 Å². The van der Waals surface area contributed by atoms with E-state index in [9.17, 15) is 24.9 Å². The van der Waals surface area contributed by atoms with Crippen LogP contribution in [0.3, 0.4) is 0 Å². The van der Waals surface area contributed by atoms with Crippen LogP contribution in [-0.2, 0) is 19.0 Å². The second kappa shape index (κ2) is 18.0. The van der Waals surface area contributed by atoms with Gasteiger partial charge in [-0.3, -0.25) is 4.79 Å². The number of aliphatic hydroxyl groups excluding tert-OH is 2. The van der Waals surface area contributed by atoms with Gasteiger partial charge in [0.05, 0.1) is 30.8 Å². The number of nitrogens with one attached hydrogen (secondary N) is 1. The number of esters is 1. The first-order valence-electron chi connectivity index (χ1n) is 16.2. The fraction of sp³-hybridized carbons (Fsp3) is 0.765. The van der Waals surface area contributed by atoms with Crippen molar-refractivity contribution in [2.75, 3.05) is 27.2 Å². The van der Waals surface area contributed by atoms with Gasteiger partial charge < -0.3 is 39.7 Å². The van der Waals surface area contributed by atoms with E-state index in [1.54, 1.807) is 19.1 Å². The number of carbonyl (C=O) groups excluding carboxylic acids is 2. The summed E-state index contributed by atoms with van der Waals surface area (Å²) in [6, 6.07) is 0. The number of allylic oxidation sites excluding steroid dienone is 3. The second-order valence-electron chi connectivity index (χ2n) is 13.3. The second-order valence-corrected chi connectivity index (χ2v) is 13.3. The maximum absolute atomic E-state index is 12.7. The van der Waals surface area contributed by atoms with E-state index in [0.717, 1.165) is 25.0 Å². The summed E-state index contributed by atoms with van der Waals surface area (Å²) in [5.74, 6) is -0.461. The van der Waals surface area contributed by atoms with Crippen molar-refractivity contribution >= 4 is 12.1 Å². The number of ether oxygens (including phenoxy) is 3. The molecule has 2 heterocycles. The number of cyclic esters (lactones) is 1. The predicted molar refractivity (Wildman–Crippen MR) is 171 cm³/mol. The Morgan fingerprint density at radius 1 is 1.30 bits per heavy atom. The van der Waals surface area contributed by atoms with Crippen molar-refractivity contribution in [2.24, 2.45) is 17.8 Å². The molecule has 10 heteroatoms. The molecule has 10 unspecified atom stereocenters. The van der Waals surface area contributed by atoms with E-state index < -0.39 is 36.0 Å². The molecular formula is C34H58N2O8. The summed E-state index contributed by atoms with van der Waals surface area (Å²) in [5, 5.41) is 34.6. The smallest absolute Gasteiger partial charge is 0.407 e. The standard InChI is InChI=1S/C34H58N2O8/c1-9-27(38)25(5)32-28(42-32)20-22(2)12-10-13-23(3)31-24(4)14-15-29(43-33(40)35-18-11-19-36(7)8)34(6,41)17-16-26(37)21-30(39)44-31/h10,12-15,22,24-29,31-32,37-38,41H,9,11,16-21H2,1-8H3,(H,35,40)/b12-10+,15-14+,23-13+. The molecule has 2 aliphatic heterocycles. The van der Waals surface area contributed by atoms with Gasteiger partial charge in [-0.2, -0.15) is 0 Å². The summed E-state index contributed by atoms with van der Waals surface area (Å²) in [7, 11) is 3.92. The molecule has 0 radical (unpaired) electrons. The first-order chi connectivity index (χ1) is 20.6. The maximum atomic E-state index is 12.7. The minimum absolute atomic E-state index is 0.0967. The minimum atomic E-state index is -1.46. The van der Waals surface area contributed by atoms with Crippen LogP contribution in [0.15, 0.2) is 36.0 Å². The van der Waals surface area contributed by atoms with Gasteiger partial charge in [0.2, 0.25) is 0 Å². The molecule has 0 aromatic carbocycles. The average molecular weight is 623 g/mol. The third kappa shape index (κ3) is 13.0. The highest BCUT2D eigenvalue weighted by Gasteiger charge is 2.45. The number of carbonyl (C=O) groups is 2. The molecular weight excluding hydrogens is 564 g/mol. The number of nitrogens with zero attached hydrogens (tertiary/aromatic N) is 1. The van der Waals surface area contributed by atoms with Crippen LogP contribution in [0.2, 0.25) is 0 Å². The Balaban J connectivity index is 2.12. The average Bonchev–Trinajstić information content (AvgIpc) is 3.72. The zero-order chi connectivity index (χ0) is 33.0. The van der Waals surface area contributed by atoms with E-state index >= 15 is 0 Å². The number of rotatable bonds is 13. The summed E-state index contributed by atoms with van der Waals surface area (Å²) in [4.78, 5) is 27.3. The molecule has 0 aromatic rings. The van der Waals surface area contributed by atoms with Crippen molar-refractivity contribution in [3.8, 4) is 0 Å². The van der Waals surface area contributed by atoms with Crippen LogP contribution in [0.4, 0.5) is 4.79 Å². The molecule has 2 rings (SSSR count). The van der Waals surface area contributed by atoms with Gasteiger partial charge >= 0.3 is 12.1 Å². The summed E-state index contributed by atoms with van der Waals surface area (Å²) in [6.45, 7) is 12.7. The van der Waals surface area contributed by atoms with E-state index in [4.69, 9.17) is 14.2 Å². The minimum Gasteiger partial charge on any atom is -0.457 e. The zero-order valence-corrected chi connectivity index (χ0v) is 28.1. The Bertz CT molecular complexity index is 994. The fourth-order valence-electron chi connectivity index (χ4n) is 5.53. The van der Waals surface area contributed by atoms with Crippen LogP contribution in [-0.4, -0.2) is 102 Å². The van der Waals surface area contributed by atoms with Crippen molar-refractivity contribution < 1.29 is 39.1 Å². The Kier molecular flexibility index (Phi) is 15.6. The normalized spacial score (nSPS) is 33.1. The van der Waals surface area contributed by atoms with Crippen LogP contribution < -0.4 is 5.32 Å². The number of aliphatic hydroxyl groups is 3. The number of alkyl carbamates (subject to hydrolysis) is 1. The van der Waals surface area contributed by atoms with Crippen molar-refractivity contribution in [2.45, 2.75) is 122 Å². The first-order valence-corrected chi connectivity index (χ1v) is 16.2. The van der Waals surface area contributed by atoms with Gasteiger partial charge in [-0.1, -0.05) is 52.0 Å². The molecule has 0 spiro atoms. The van der Waals surface area contributed by atoms with Crippen LogP contribution in [0, 0.1) is 17.8 Å². The van der Waals surface area contributed by atoms with Crippen LogP contribution in [0.25, 0.3) is 0 Å². The van der Waals surface area contributed by atoms with Crippen molar-refractivity contribution in [3.63, 3.8) is 0 Å². The molecule has 10 nitrogen and oxygen atoms in total. The number of amides is 1. The largest absolute Gasteiger partial charge is 0.457 e. The summed E-state index contributed by atoms with van der Waals surface area (Å²) in [5.41, 5.74) is -0.648. The molecule has 4 N–H and O–H groups in total. The van der Waals surface area contributed by atoms with E-state index in [0.29, 0.717) is 13.0 Å². The topological polar surface area (TPSA) is 141 Å². The third-order valence-electron chi connectivity index (χ3n) is 8.63. The van der Waals surface area contributed by atoms with E-state index in [1.165, 1.54) is 0 Å². The highest BCUT2D eigenvalue weighted by Crippen LogP contribution is 2.36. The predicted octanol–water partition coefficient (Wildman–Crippen LogP) is 4.14. The highest BCUT2D eigenvalue weighted by atomic mass is 16.6. The first kappa shape index (κ1) is 37.9. The number of hydrogen-bond acceptors (Lipinski definition) is 9. The molecule has 0 bridgehead atoms.